The minimum atomic E-state index is -0.426. The lowest BCUT2D eigenvalue weighted by Gasteiger charge is -2.01. The number of H-pyrrole nitrogens is 1. The second-order valence-corrected chi connectivity index (χ2v) is 5.15. The molecule has 112 valence electrons. The normalized spacial score (nSPS) is 14.2. The van der Waals surface area contributed by atoms with Crippen LogP contribution in [0.1, 0.15) is 35.3 Å². The molecule has 0 spiro atoms. The summed E-state index contributed by atoms with van der Waals surface area (Å²) in [6, 6.07) is 5.72. The van der Waals surface area contributed by atoms with E-state index in [9.17, 15) is 4.79 Å². The maximum absolute atomic E-state index is 12.1. The third kappa shape index (κ3) is 2.28. The third-order valence-electron chi connectivity index (χ3n) is 3.47. The number of carbonyl (C=O) groups is 1. The first-order chi connectivity index (χ1) is 10.7. The molecule has 4 rings (SSSR count). The monoisotopic (exact) mass is 299 g/mol. The minimum absolute atomic E-state index is 0.0239. The molecule has 8 heteroatoms. The average molecular weight is 299 g/mol. The number of aromatic amines is 1. The van der Waals surface area contributed by atoms with Crippen molar-refractivity contribution in [3.05, 3.63) is 30.0 Å². The van der Waals surface area contributed by atoms with Gasteiger partial charge in [-0.15, -0.1) is 10.2 Å². The fourth-order valence-corrected chi connectivity index (χ4v) is 2.17. The van der Waals surface area contributed by atoms with Crippen LogP contribution in [0.25, 0.3) is 11.0 Å². The maximum Gasteiger partial charge on any atom is 0.313 e. The fraction of sp³-hybridized carbons (Fsp3) is 0.286. The molecule has 1 aliphatic carbocycles. The van der Waals surface area contributed by atoms with Gasteiger partial charge in [-0.2, -0.15) is 4.98 Å². The van der Waals surface area contributed by atoms with E-state index in [1.807, 2.05) is 0 Å². The standard InChI is InChI=1S/C14H13N5O3/c1-21-14-16-9-5-4-8(6-10(9)17-14)15-11(20)13-19-18-12(22-13)7-2-3-7/h4-7H,2-3H2,1H3,(H,15,20)(H,16,17). The van der Waals surface area contributed by atoms with Crippen molar-refractivity contribution in [2.45, 2.75) is 18.8 Å². The van der Waals surface area contributed by atoms with Gasteiger partial charge in [0.15, 0.2) is 0 Å². The largest absolute Gasteiger partial charge is 0.468 e. The Balaban J connectivity index is 1.54. The van der Waals surface area contributed by atoms with Crippen molar-refractivity contribution in [2.75, 3.05) is 12.4 Å². The number of imidazole rings is 1. The van der Waals surface area contributed by atoms with Gasteiger partial charge in [-0.1, -0.05) is 0 Å². The number of aromatic nitrogens is 4. The second kappa shape index (κ2) is 4.83. The van der Waals surface area contributed by atoms with Crippen LogP contribution < -0.4 is 10.1 Å². The van der Waals surface area contributed by atoms with Gasteiger partial charge in [-0.05, 0) is 31.0 Å². The maximum atomic E-state index is 12.1. The SMILES string of the molecule is COc1nc2ccc(NC(=O)c3nnc(C4CC4)o3)cc2[nH]1. The number of nitrogens with zero attached hydrogens (tertiary/aromatic N) is 3. The highest BCUT2D eigenvalue weighted by atomic mass is 16.5. The molecular weight excluding hydrogens is 286 g/mol. The summed E-state index contributed by atoms with van der Waals surface area (Å²) in [5.74, 6) is 0.413. The predicted molar refractivity (Wildman–Crippen MR) is 76.9 cm³/mol. The van der Waals surface area contributed by atoms with E-state index in [0.29, 0.717) is 23.5 Å². The van der Waals surface area contributed by atoms with Gasteiger partial charge in [-0.25, -0.2) is 0 Å². The van der Waals surface area contributed by atoms with Crippen molar-refractivity contribution in [3.8, 4) is 6.01 Å². The summed E-state index contributed by atoms with van der Waals surface area (Å²) < 4.78 is 10.4. The summed E-state index contributed by atoms with van der Waals surface area (Å²) >= 11 is 0. The minimum Gasteiger partial charge on any atom is -0.468 e. The van der Waals surface area contributed by atoms with Crippen molar-refractivity contribution < 1.29 is 13.9 Å². The molecule has 0 saturated heterocycles. The molecule has 1 aliphatic rings. The van der Waals surface area contributed by atoms with Gasteiger partial charge in [0.2, 0.25) is 5.89 Å². The highest BCUT2D eigenvalue weighted by Crippen LogP contribution is 2.39. The molecule has 0 unspecified atom stereocenters. The van der Waals surface area contributed by atoms with Crippen molar-refractivity contribution in [1.29, 1.82) is 0 Å². The molecule has 2 heterocycles. The fourth-order valence-electron chi connectivity index (χ4n) is 2.17. The van der Waals surface area contributed by atoms with Gasteiger partial charge in [-0.3, -0.25) is 4.79 Å². The van der Waals surface area contributed by atoms with Crippen LogP contribution >= 0.6 is 0 Å². The second-order valence-electron chi connectivity index (χ2n) is 5.15. The van der Waals surface area contributed by atoms with E-state index in [4.69, 9.17) is 9.15 Å². The van der Waals surface area contributed by atoms with Crippen LogP contribution in [0.15, 0.2) is 22.6 Å². The highest BCUT2D eigenvalue weighted by Gasteiger charge is 2.30. The van der Waals surface area contributed by atoms with Crippen LogP contribution in [0.3, 0.4) is 0 Å². The number of nitrogens with one attached hydrogen (secondary N) is 2. The molecule has 1 saturated carbocycles. The van der Waals surface area contributed by atoms with Crippen LogP contribution in [0, 0.1) is 0 Å². The molecule has 1 aromatic carbocycles. The van der Waals surface area contributed by atoms with Gasteiger partial charge in [0, 0.05) is 11.6 Å². The first kappa shape index (κ1) is 12.8. The van der Waals surface area contributed by atoms with Crippen molar-refractivity contribution in [3.63, 3.8) is 0 Å². The van der Waals surface area contributed by atoms with E-state index in [-0.39, 0.29) is 5.89 Å². The highest BCUT2D eigenvalue weighted by molar-refractivity contribution is 6.01. The number of carbonyl (C=O) groups excluding carboxylic acids is 1. The summed E-state index contributed by atoms with van der Waals surface area (Å²) in [6.07, 6.45) is 2.09. The molecule has 1 amide bonds. The van der Waals surface area contributed by atoms with E-state index in [1.54, 1.807) is 18.2 Å². The average Bonchev–Trinajstić information content (AvgIpc) is 3.11. The molecule has 3 aromatic rings. The van der Waals surface area contributed by atoms with Crippen LogP contribution in [-0.4, -0.2) is 33.2 Å². The lowest BCUT2D eigenvalue weighted by molar-refractivity contribution is 0.0988. The van der Waals surface area contributed by atoms with Gasteiger partial charge in [0.05, 0.1) is 18.1 Å². The zero-order valence-electron chi connectivity index (χ0n) is 11.8. The number of fused-ring (bicyclic) bond motifs is 1. The van der Waals surface area contributed by atoms with Crippen molar-refractivity contribution in [2.24, 2.45) is 0 Å². The Morgan fingerprint density at radius 3 is 3.05 bits per heavy atom. The molecule has 8 nitrogen and oxygen atoms in total. The number of rotatable bonds is 4. The zero-order valence-corrected chi connectivity index (χ0v) is 11.8. The summed E-state index contributed by atoms with van der Waals surface area (Å²) in [7, 11) is 1.54. The number of hydrogen-bond donors (Lipinski definition) is 2. The smallest absolute Gasteiger partial charge is 0.313 e. The Kier molecular flexibility index (Phi) is 2.81. The van der Waals surface area contributed by atoms with Crippen molar-refractivity contribution in [1.82, 2.24) is 20.2 Å². The first-order valence-electron chi connectivity index (χ1n) is 6.91. The number of anilines is 1. The van der Waals surface area contributed by atoms with E-state index in [2.05, 4.69) is 25.5 Å². The number of hydrogen-bond acceptors (Lipinski definition) is 6. The van der Waals surface area contributed by atoms with E-state index < -0.39 is 5.91 Å². The van der Waals surface area contributed by atoms with Crippen LogP contribution in [0.2, 0.25) is 0 Å². The van der Waals surface area contributed by atoms with Gasteiger partial charge >= 0.3 is 11.8 Å². The number of ether oxygens (including phenoxy) is 1. The molecule has 22 heavy (non-hydrogen) atoms. The Morgan fingerprint density at radius 2 is 2.27 bits per heavy atom. The lowest BCUT2D eigenvalue weighted by atomic mass is 10.3. The Hall–Kier alpha value is -2.90. The Labute approximate surface area is 124 Å². The molecule has 0 atom stereocenters. The zero-order chi connectivity index (χ0) is 15.1. The van der Waals surface area contributed by atoms with Gasteiger partial charge in [0.1, 0.15) is 0 Å². The molecule has 0 radical (unpaired) electrons. The molecule has 2 N–H and O–H groups in total. The van der Waals surface area contributed by atoms with Crippen LogP contribution in [-0.2, 0) is 0 Å². The van der Waals surface area contributed by atoms with Crippen LogP contribution in [0.5, 0.6) is 6.01 Å². The van der Waals surface area contributed by atoms with Gasteiger partial charge in [0.25, 0.3) is 6.01 Å². The molecule has 2 aromatic heterocycles. The summed E-state index contributed by atoms with van der Waals surface area (Å²) in [4.78, 5) is 19.3. The van der Waals surface area contributed by atoms with E-state index in [0.717, 1.165) is 23.9 Å². The lowest BCUT2D eigenvalue weighted by Crippen LogP contribution is -2.12. The number of amides is 1. The first-order valence-corrected chi connectivity index (χ1v) is 6.91. The van der Waals surface area contributed by atoms with E-state index >= 15 is 0 Å². The molecular formula is C14H13N5O3. The van der Waals surface area contributed by atoms with Gasteiger partial charge < -0.3 is 19.5 Å². The molecule has 1 fully saturated rings. The Morgan fingerprint density at radius 1 is 1.41 bits per heavy atom. The Bertz CT molecular complexity index is 849. The topological polar surface area (TPSA) is 106 Å². The third-order valence-corrected chi connectivity index (χ3v) is 3.47. The van der Waals surface area contributed by atoms with Crippen molar-refractivity contribution >= 4 is 22.6 Å². The molecule has 0 aliphatic heterocycles. The summed E-state index contributed by atoms with van der Waals surface area (Å²) in [5, 5.41) is 10.4. The number of methoxy groups -OCH3 is 1. The van der Waals surface area contributed by atoms with Crippen LogP contribution in [0.4, 0.5) is 5.69 Å². The summed E-state index contributed by atoms with van der Waals surface area (Å²) in [5.41, 5.74) is 2.12. The molecule has 0 bridgehead atoms. The predicted octanol–water partition coefficient (Wildman–Crippen LogP) is 2.08. The van der Waals surface area contributed by atoms with E-state index in [1.165, 1.54) is 7.11 Å². The number of benzene rings is 1. The summed E-state index contributed by atoms with van der Waals surface area (Å²) in [6.45, 7) is 0. The quantitative estimate of drug-likeness (QED) is 0.764.